The van der Waals surface area contributed by atoms with Gasteiger partial charge < -0.3 is 4.89 Å². The molecule has 0 aliphatic carbocycles. The molecule has 0 saturated heterocycles. The summed E-state index contributed by atoms with van der Waals surface area (Å²) in [5, 5.41) is 0. The van der Waals surface area contributed by atoms with Gasteiger partial charge in [0.05, 0.1) is 0 Å². The third kappa shape index (κ3) is 17.9. The van der Waals surface area contributed by atoms with E-state index in [9.17, 15) is 0 Å². The lowest BCUT2D eigenvalue weighted by Gasteiger charge is -1.33. The van der Waals surface area contributed by atoms with Gasteiger partial charge in [-0.1, -0.05) is 0 Å². The molecule has 0 fully saturated rings. The number of hydrogen-bond donors (Lipinski definition) is 1. The maximum atomic E-state index is 8.57. The van der Waals surface area contributed by atoms with Gasteiger partial charge in [0.15, 0.2) is 8.69 Å². The first-order valence-corrected chi connectivity index (χ1v) is 1.48. The zero-order valence-corrected chi connectivity index (χ0v) is 4.71. The highest BCUT2D eigenvalue weighted by molar-refractivity contribution is 7.16. The van der Waals surface area contributed by atoms with Crippen LogP contribution in [0.15, 0.2) is 0 Å². The summed E-state index contributed by atoms with van der Waals surface area (Å²) >= 11 is 0. The van der Waals surface area contributed by atoms with Gasteiger partial charge in [-0.25, -0.2) is 0 Å². The molecule has 0 aliphatic rings. The first-order chi connectivity index (χ1) is 1.41. The van der Waals surface area contributed by atoms with Crippen molar-refractivity contribution in [1.29, 1.82) is 0 Å². The van der Waals surface area contributed by atoms with Crippen LogP contribution in [0.4, 0.5) is 0 Å². The van der Waals surface area contributed by atoms with E-state index < -0.39 is 8.69 Å². The topological polar surface area (TPSA) is 37.3 Å². The lowest BCUT2D eigenvalue weighted by atomic mass is 15.9. The van der Waals surface area contributed by atoms with Crippen LogP contribution in [-0.4, -0.2) is 4.89 Å². The second kappa shape index (κ2) is 9.47. The predicted octanol–water partition coefficient (Wildman–Crippen LogP) is -0.292. The maximum Gasteiger partial charge on any atom is 0.177 e. The Morgan fingerprint density at radius 2 is 1.75 bits per heavy atom. The molecule has 0 saturated carbocycles. The number of rotatable bonds is 0. The van der Waals surface area contributed by atoms with Crippen molar-refractivity contribution in [1.82, 2.24) is 0 Å². The van der Waals surface area contributed by atoms with E-state index in [4.69, 9.17) is 9.46 Å². The molecule has 0 aromatic heterocycles. The standard InChI is InChI=1S/H3O2P.H3P/c1-3-2;/h3H2,(H,1,2);1H3. The molecule has 2 unspecified atom stereocenters. The van der Waals surface area contributed by atoms with Crippen molar-refractivity contribution >= 4 is 18.6 Å². The van der Waals surface area contributed by atoms with E-state index in [1.54, 1.807) is 0 Å². The van der Waals surface area contributed by atoms with Crippen LogP contribution >= 0.6 is 18.6 Å². The van der Waals surface area contributed by atoms with Crippen molar-refractivity contribution in [3.63, 3.8) is 0 Å². The zero-order valence-electron chi connectivity index (χ0n) is 2.14. The molecular formula is H6O2P2. The molecule has 4 heteroatoms. The summed E-state index contributed by atoms with van der Waals surface area (Å²) in [6, 6.07) is 0. The Balaban J connectivity index is 0. The average Bonchev–Trinajstić information content (AvgIpc) is 0.918. The van der Waals surface area contributed by atoms with Crippen molar-refractivity contribution < 1.29 is 9.46 Å². The third-order valence-electron chi connectivity index (χ3n) is 0. The molecule has 0 spiro atoms. The van der Waals surface area contributed by atoms with Crippen LogP contribution in [0, 0.1) is 0 Å². The van der Waals surface area contributed by atoms with Crippen LogP contribution in [0.3, 0.4) is 0 Å². The van der Waals surface area contributed by atoms with Gasteiger partial charge in [-0.05, 0) is 0 Å². The molecule has 2 atom stereocenters. The van der Waals surface area contributed by atoms with Crippen LogP contribution in [0.5, 0.6) is 0 Å². The molecule has 0 aliphatic heterocycles. The van der Waals surface area contributed by atoms with E-state index in [0.717, 1.165) is 0 Å². The van der Waals surface area contributed by atoms with Crippen LogP contribution in [-0.2, 0) is 4.57 Å². The minimum atomic E-state index is -1.50. The molecule has 0 rings (SSSR count). The highest BCUT2D eigenvalue weighted by Gasteiger charge is 1.17. The molecule has 28 valence electrons. The van der Waals surface area contributed by atoms with Gasteiger partial charge in [-0.15, -0.1) is 0 Å². The van der Waals surface area contributed by atoms with Gasteiger partial charge >= 0.3 is 0 Å². The molecule has 0 amide bonds. The third-order valence-corrected chi connectivity index (χ3v) is 0. The predicted molar refractivity (Wildman–Crippen MR) is 23.7 cm³/mol. The van der Waals surface area contributed by atoms with Gasteiger partial charge in [0, 0.05) is 0 Å². The Kier molecular flexibility index (Phi) is 20.9. The molecule has 2 nitrogen and oxygen atoms in total. The Morgan fingerprint density at radius 1 is 1.75 bits per heavy atom. The van der Waals surface area contributed by atoms with Crippen molar-refractivity contribution in [2.75, 3.05) is 0 Å². The Hall–Kier alpha value is 0.620. The molecule has 0 aromatic carbocycles. The van der Waals surface area contributed by atoms with Crippen LogP contribution in [0.2, 0.25) is 0 Å². The largest absolute Gasteiger partial charge is 0.348 e. The van der Waals surface area contributed by atoms with Crippen molar-refractivity contribution in [3.05, 3.63) is 0 Å². The number of hydrogen-bond acceptors (Lipinski definition) is 1. The van der Waals surface area contributed by atoms with Gasteiger partial charge in [-0.2, -0.15) is 9.90 Å². The molecule has 4 heavy (non-hydrogen) atoms. The molecular weight excluding hydrogens is 93.9 g/mol. The summed E-state index contributed by atoms with van der Waals surface area (Å²) in [7, 11) is -1.50. The van der Waals surface area contributed by atoms with Crippen molar-refractivity contribution in [3.8, 4) is 0 Å². The van der Waals surface area contributed by atoms with Gasteiger partial charge in [0.1, 0.15) is 0 Å². The minimum absolute atomic E-state index is 0. The quantitative estimate of drug-likeness (QED) is 0.424. The van der Waals surface area contributed by atoms with Gasteiger partial charge in [0.25, 0.3) is 0 Å². The van der Waals surface area contributed by atoms with Crippen LogP contribution in [0.1, 0.15) is 0 Å². The summed E-state index contributed by atoms with van der Waals surface area (Å²) in [6.45, 7) is 0. The van der Waals surface area contributed by atoms with Crippen LogP contribution < -0.4 is 0 Å². The zero-order chi connectivity index (χ0) is 2.71. The monoisotopic (exact) mass is 100.0 g/mol. The molecule has 0 heterocycles. The van der Waals surface area contributed by atoms with E-state index in [0.29, 0.717) is 0 Å². The Bertz CT molecular complexity index is 11.5. The van der Waals surface area contributed by atoms with Crippen molar-refractivity contribution in [2.24, 2.45) is 0 Å². The minimum Gasteiger partial charge on any atom is -0.348 e. The van der Waals surface area contributed by atoms with Crippen molar-refractivity contribution in [2.45, 2.75) is 0 Å². The summed E-state index contributed by atoms with van der Waals surface area (Å²) in [6.07, 6.45) is 0. The molecule has 1 N–H and O–H groups in total. The maximum absolute atomic E-state index is 8.57. The highest BCUT2D eigenvalue weighted by Crippen LogP contribution is 1.66. The van der Waals surface area contributed by atoms with Gasteiger partial charge in [-0.3, -0.25) is 4.57 Å². The van der Waals surface area contributed by atoms with E-state index >= 15 is 0 Å². The fourth-order valence-electron chi connectivity index (χ4n) is 0. The van der Waals surface area contributed by atoms with E-state index in [-0.39, 0.29) is 9.90 Å². The summed E-state index contributed by atoms with van der Waals surface area (Å²) < 4.78 is 8.57. The Morgan fingerprint density at radius 3 is 1.75 bits per heavy atom. The molecule has 0 bridgehead atoms. The molecule has 0 radical (unpaired) electrons. The second-order valence-electron chi connectivity index (χ2n) is 0.105. The van der Waals surface area contributed by atoms with E-state index in [1.165, 1.54) is 0 Å². The first-order valence-electron chi connectivity index (χ1n) is 0.494. The SMILES string of the molecule is O=[PH2]O.P. The first kappa shape index (κ1) is 8.82. The van der Waals surface area contributed by atoms with E-state index in [2.05, 4.69) is 0 Å². The lowest BCUT2D eigenvalue weighted by molar-refractivity contribution is 0.524. The summed E-state index contributed by atoms with van der Waals surface area (Å²) in [5.41, 5.74) is 0. The highest BCUT2D eigenvalue weighted by atomic mass is 31.1. The van der Waals surface area contributed by atoms with Gasteiger partial charge in [0.2, 0.25) is 0 Å². The normalized spacial score (nSPS) is 7.25. The summed E-state index contributed by atoms with van der Waals surface area (Å²) in [5.74, 6) is 0. The lowest BCUT2D eigenvalue weighted by Crippen LogP contribution is -1.03. The fourth-order valence-corrected chi connectivity index (χ4v) is 0. The molecule has 0 aromatic rings. The average molecular weight is 100.0 g/mol. The van der Waals surface area contributed by atoms with E-state index in [1.807, 2.05) is 0 Å². The second-order valence-corrected chi connectivity index (χ2v) is 0.316. The smallest absolute Gasteiger partial charge is 0.177 e. The fraction of sp³-hybridized carbons (Fsp3) is 0. The van der Waals surface area contributed by atoms with Crippen LogP contribution in [0.25, 0.3) is 0 Å². The Labute approximate surface area is 29.1 Å². The summed E-state index contributed by atoms with van der Waals surface area (Å²) in [4.78, 5) is 7.10.